The standard InChI is InChI=1S/C28H29N3O4S2/c1-19-17-20(2)26-25(18-19)36-28(30(26)15-16-35-3)29-27(32)22-10-12-23(13-11-22)37(33,34)31-14-6-8-21-7-4-5-9-24(21)31/h4-5,7,9-13,17-18H,6,8,14-16H2,1-3H3. The highest BCUT2D eigenvalue weighted by Crippen LogP contribution is 2.32. The summed E-state index contributed by atoms with van der Waals surface area (Å²) in [4.78, 5) is 18.3. The fraction of sp³-hybridized carbons (Fsp3) is 0.286. The largest absolute Gasteiger partial charge is 0.383 e. The first-order valence-electron chi connectivity index (χ1n) is 12.2. The van der Waals surface area contributed by atoms with Crippen LogP contribution in [-0.4, -0.2) is 39.2 Å². The third kappa shape index (κ3) is 4.86. The first-order chi connectivity index (χ1) is 17.8. The highest BCUT2D eigenvalue weighted by atomic mass is 32.2. The van der Waals surface area contributed by atoms with Crippen molar-refractivity contribution in [1.82, 2.24) is 4.57 Å². The van der Waals surface area contributed by atoms with E-state index in [0.717, 1.165) is 45.4 Å². The molecule has 0 fully saturated rings. The van der Waals surface area contributed by atoms with Gasteiger partial charge in [-0.1, -0.05) is 35.6 Å². The molecule has 0 bridgehead atoms. The molecule has 192 valence electrons. The Morgan fingerprint density at radius 1 is 1.08 bits per heavy atom. The lowest BCUT2D eigenvalue weighted by molar-refractivity contribution is 0.0997. The molecule has 0 spiro atoms. The van der Waals surface area contributed by atoms with Crippen molar-refractivity contribution < 1.29 is 17.9 Å². The van der Waals surface area contributed by atoms with E-state index < -0.39 is 15.9 Å². The molecule has 0 N–H and O–H groups in total. The normalized spacial score (nSPS) is 14.2. The number of nitrogens with zero attached hydrogens (tertiary/aromatic N) is 3. The highest BCUT2D eigenvalue weighted by molar-refractivity contribution is 7.92. The van der Waals surface area contributed by atoms with Crippen LogP contribution < -0.4 is 9.11 Å². The average Bonchev–Trinajstić information content (AvgIpc) is 3.23. The van der Waals surface area contributed by atoms with Crippen LogP contribution >= 0.6 is 11.3 Å². The minimum Gasteiger partial charge on any atom is -0.383 e. The van der Waals surface area contributed by atoms with Crippen LogP contribution in [0.3, 0.4) is 0 Å². The van der Waals surface area contributed by atoms with E-state index in [1.807, 2.05) is 35.8 Å². The van der Waals surface area contributed by atoms with Crippen molar-refractivity contribution in [2.75, 3.05) is 24.6 Å². The van der Waals surface area contributed by atoms with E-state index in [1.54, 1.807) is 7.11 Å². The SMILES string of the molecule is COCCn1c(=NC(=O)c2ccc(S(=O)(=O)N3CCCc4ccccc43)cc2)sc2cc(C)cc(C)c21. The van der Waals surface area contributed by atoms with Crippen LogP contribution in [0.5, 0.6) is 0 Å². The number of ether oxygens (including phenoxy) is 1. The number of para-hydroxylation sites is 1. The number of thiazole rings is 1. The average molecular weight is 536 g/mol. The van der Waals surface area contributed by atoms with Gasteiger partial charge in [0.05, 0.1) is 27.4 Å². The van der Waals surface area contributed by atoms with Crippen LogP contribution in [0.25, 0.3) is 10.2 Å². The lowest BCUT2D eigenvalue weighted by Crippen LogP contribution is -2.35. The number of amides is 1. The number of carbonyl (C=O) groups is 1. The lowest BCUT2D eigenvalue weighted by Gasteiger charge is -2.30. The summed E-state index contributed by atoms with van der Waals surface area (Å²) in [5, 5.41) is 0. The van der Waals surface area contributed by atoms with E-state index in [0.29, 0.717) is 30.1 Å². The minimum absolute atomic E-state index is 0.156. The van der Waals surface area contributed by atoms with Crippen molar-refractivity contribution in [2.45, 2.75) is 38.1 Å². The number of hydrogen-bond donors (Lipinski definition) is 0. The second-order valence-corrected chi connectivity index (χ2v) is 12.1. The Bertz CT molecular complexity index is 1650. The van der Waals surface area contributed by atoms with Crippen LogP contribution in [0.1, 0.15) is 33.5 Å². The van der Waals surface area contributed by atoms with Crippen molar-refractivity contribution in [3.05, 3.63) is 87.7 Å². The lowest BCUT2D eigenvalue weighted by atomic mass is 10.0. The van der Waals surface area contributed by atoms with Gasteiger partial charge in [0.1, 0.15) is 0 Å². The number of aromatic nitrogens is 1. The topological polar surface area (TPSA) is 81.0 Å². The molecule has 0 radical (unpaired) electrons. The van der Waals surface area contributed by atoms with Crippen molar-refractivity contribution in [2.24, 2.45) is 4.99 Å². The summed E-state index contributed by atoms with van der Waals surface area (Å²) < 4.78 is 36.7. The summed E-state index contributed by atoms with van der Waals surface area (Å²) in [5.74, 6) is -0.417. The van der Waals surface area contributed by atoms with Gasteiger partial charge in [-0.25, -0.2) is 8.42 Å². The maximum Gasteiger partial charge on any atom is 0.279 e. The minimum atomic E-state index is -3.74. The number of benzene rings is 3. The second kappa shape index (κ2) is 10.2. The van der Waals surface area contributed by atoms with E-state index in [4.69, 9.17) is 4.74 Å². The van der Waals surface area contributed by atoms with Gasteiger partial charge in [0.15, 0.2) is 4.80 Å². The third-order valence-electron chi connectivity index (χ3n) is 6.59. The molecule has 3 aromatic carbocycles. The molecule has 7 nitrogen and oxygen atoms in total. The van der Waals surface area contributed by atoms with Crippen LogP contribution in [0, 0.1) is 13.8 Å². The molecule has 5 rings (SSSR count). The summed E-state index contributed by atoms with van der Waals surface area (Å²) in [5.41, 5.74) is 5.39. The summed E-state index contributed by atoms with van der Waals surface area (Å²) in [7, 11) is -2.10. The Balaban J connectivity index is 1.48. The predicted molar refractivity (Wildman–Crippen MR) is 147 cm³/mol. The molecule has 9 heteroatoms. The molecule has 1 aliphatic heterocycles. The second-order valence-electron chi connectivity index (χ2n) is 9.21. The number of fused-ring (bicyclic) bond motifs is 2. The summed E-state index contributed by atoms with van der Waals surface area (Å²) in [6, 6.07) is 17.9. The van der Waals surface area contributed by atoms with Gasteiger partial charge in [0.25, 0.3) is 15.9 Å². The Morgan fingerprint density at radius 3 is 2.59 bits per heavy atom. The smallest absolute Gasteiger partial charge is 0.279 e. The Morgan fingerprint density at radius 2 is 1.84 bits per heavy atom. The van der Waals surface area contributed by atoms with E-state index in [9.17, 15) is 13.2 Å². The number of methoxy groups -OCH3 is 1. The fourth-order valence-corrected chi connectivity index (χ4v) is 7.64. The van der Waals surface area contributed by atoms with Crippen molar-refractivity contribution in [1.29, 1.82) is 0 Å². The van der Waals surface area contributed by atoms with Crippen molar-refractivity contribution >= 4 is 43.2 Å². The van der Waals surface area contributed by atoms with Gasteiger partial charge in [-0.3, -0.25) is 9.10 Å². The van der Waals surface area contributed by atoms with Gasteiger partial charge in [-0.2, -0.15) is 4.99 Å². The maximum atomic E-state index is 13.4. The van der Waals surface area contributed by atoms with Crippen LogP contribution in [0.4, 0.5) is 5.69 Å². The van der Waals surface area contributed by atoms with Crippen LogP contribution in [0.15, 0.2) is 70.6 Å². The first-order valence-corrected chi connectivity index (χ1v) is 14.4. The molecule has 0 unspecified atom stereocenters. The molecule has 1 aliphatic rings. The third-order valence-corrected chi connectivity index (χ3v) is 9.44. The summed E-state index contributed by atoms with van der Waals surface area (Å²) in [6.45, 7) is 5.60. The van der Waals surface area contributed by atoms with Gasteiger partial charge in [0, 0.05) is 25.8 Å². The van der Waals surface area contributed by atoms with Gasteiger partial charge >= 0.3 is 0 Å². The van der Waals surface area contributed by atoms with E-state index in [-0.39, 0.29) is 4.90 Å². The Kier molecular flexibility index (Phi) is 7.02. The first kappa shape index (κ1) is 25.4. The predicted octanol–water partition coefficient (Wildman–Crippen LogP) is 4.85. The van der Waals surface area contributed by atoms with Gasteiger partial charge < -0.3 is 9.30 Å². The number of hydrogen-bond acceptors (Lipinski definition) is 5. The zero-order valence-electron chi connectivity index (χ0n) is 21.1. The molecule has 37 heavy (non-hydrogen) atoms. The van der Waals surface area contributed by atoms with E-state index >= 15 is 0 Å². The van der Waals surface area contributed by atoms with Crippen molar-refractivity contribution in [3.63, 3.8) is 0 Å². The number of carbonyl (C=O) groups excluding carboxylic acids is 1. The summed E-state index contributed by atoms with van der Waals surface area (Å²) in [6.07, 6.45) is 1.63. The number of anilines is 1. The molecular weight excluding hydrogens is 506 g/mol. The number of sulfonamides is 1. The van der Waals surface area contributed by atoms with Gasteiger partial charge in [-0.15, -0.1) is 0 Å². The summed E-state index contributed by atoms with van der Waals surface area (Å²) >= 11 is 1.46. The molecule has 4 aromatic rings. The maximum absolute atomic E-state index is 13.4. The van der Waals surface area contributed by atoms with E-state index in [1.165, 1.54) is 39.9 Å². The molecular formula is C28H29N3O4S2. The zero-order valence-corrected chi connectivity index (χ0v) is 22.7. The fourth-order valence-electron chi connectivity index (χ4n) is 4.86. The Hall–Kier alpha value is -3.27. The zero-order chi connectivity index (χ0) is 26.2. The van der Waals surface area contributed by atoms with Gasteiger partial charge in [-0.05, 0) is 79.8 Å². The molecule has 0 saturated carbocycles. The van der Waals surface area contributed by atoms with Gasteiger partial charge in [0.2, 0.25) is 0 Å². The monoisotopic (exact) mass is 535 g/mol. The Labute approximate surface area is 220 Å². The van der Waals surface area contributed by atoms with Crippen LogP contribution in [-0.2, 0) is 27.7 Å². The quantitative estimate of drug-likeness (QED) is 0.354. The van der Waals surface area contributed by atoms with E-state index in [2.05, 4.69) is 24.0 Å². The molecule has 1 amide bonds. The van der Waals surface area contributed by atoms with Crippen molar-refractivity contribution in [3.8, 4) is 0 Å². The molecule has 1 aromatic heterocycles. The molecule has 0 saturated heterocycles. The van der Waals surface area contributed by atoms with Crippen LogP contribution in [0.2, 0.25) is 0 Å². The molecule has 2 heterocycles. The number of aryl methyl sites for hydroxylation is 3. The molecule has 0 aliphatic carbocycles. The molecule has 0 atom stereocenters. The number of rotatable bonds is 6. The highest BCUT2D eigenvalue weighted by Gasteiger charge is 2.29.